The highest BCUT2D eigenvalue weighted by atomic mass is 19.1. The van der Waals surface area contributed by atoms with E-state index in [1.807, 2.05) is 0 Å². The number of hydrogen-bond donors (Lipinski definition) is 0. The standard InChI is InChI=1S/C14H9FN6/c1-16-14-19-13(12-17-7-4-8-18-12)20-21(14)9-10-5-2-3-6-11(10)15/h2-8H,9H2. The van der Waals surface area contributed by atoms with E-state index in [9.17, 15) is 4.39 Å². The van der Waals surface area contributed by atoms with E-state index in [4.69, 9.17) is 6.57 Å². The fraction of sp³-hybridized carbons (Fsp3) is 0.0714. The minimum atomic E-state index is -0.346. The average Bonchev–Trinajstić information content (AvgIpc) is 2.93. The van der Waals surface area contributed by atoms with Crippen LogP contribution in [-0.4, -0.2) is 24.7 Å². The summed E-state index contributed by atoms with van der Waals surface area (Å²) in [6, 6.07) is 8.03. The molecule has 2 heterocycles. The number of nitrogens with zero attached hydrogens (tertiary/aromatic N) is 6. The van der Waals surface area contributed by atoms with E-state index in [2.05, 4.69) is 24.9 Å². The molecule has 3 aromatic rings. The fourth-order valence-corrected chi connectivity index (χ4v) is 1.82. The van der Waals surface area contributed by atoms with E-state index in [0.29, 0.717) is 11.4 Å². The lowest BCUT2D eigenvalue weighted by molar-refractivity contribution is 0.588. The van der Waals surface area contributed by atoms with E-state index < -0.39 is 0 Å². The summed E-state index contributed by atoms with van der Waals surface area (Å²) in [4.78, 5) is 15.5. The van der Waals surface area contributed by atoms with Gasteiger partial charge in [0.15, 0.2) is 0 Å². The average molecular weight is 280 g/mol. The number of rotatable bonds is 3. The van der Waals surface area contributed by atoms with Crippen LogP contribution in [-0.2, 0) is 6.54 Å². The maximum atomic E-state index is 13.7. The van der Waals surface area contributed by atoms with Crippen molar-refractivity contribution in [2.75, 3.05) is 0 Å². The van der Waals surface area contributed by atoms with Gasteiger partial charge >= 0.3 is 5.95 Å². The van der Waals surface area contributed by atoms with Crippen molar-refractivity contribution < 1.29 is 4.39 Å². The zero-order valence-corrected chi connectivity index (χ0v) is 10.8. The summed E-state index contributed by atoms with van der Waals surface area (Å²) in [6.45, 7) is 7.28. The van der Waals surface area contributed by atoms with Crippen molar-refractivity contribution in [2.24, 2.45) is 0 Å². The molecule has 2 aromatic heterocycles. The van der Waals surface area contributed by atoms with Crippen LogP contribution < -0.4 is 0 Å². The molecule has 0 saturated carbocycles. The Labute approximate surface area is 119 Å². The van der Waals surface area contributed by atoms with Crippen LogP contribution >= 0.6 is 0 Å². The first-order valence-corrected chi connectivity index (χ1v) is 6.11. The molecule has 0 amide bonds. The molecule has 0 aliphatic rings. The van der Waals surface area contributed by atoms with E-state index in [1.165, 1.54) is 10.7 Å². The Hall–Kier alpha value is -3.14. The highest BCUT2D eigenvalue weighted by Crippen LogP contribution is 2.18. The molecule has 0 atom stereocenters. The van der Waals surface area contributed by atoms with Gasteiger partial charge in [0.25, 0.3) is 5.82 Å². The smallest absolute Gasteiger partial charge is 0.360 e. The zero-order chi connectivity index (χ0) is 14.7. The molecule has 3 rings (SSSR count). The van der Waals surface area contributed by atoms with Gasteiger partial charge in [0, 0.05) is 18.0 Å². The molecule has 0 fully saturated rings. The highest BCUT2D eigenvalue weighted by Gasteiger charge is 2.17. The molecule has 7 heteroatoms. The Morgan fingerprint density at radius 2 is 1.86 bits per heavy atom. The molecule has 21 heavy (non-hydrogen) atoms. The fourth-order valence-electron chi connectivity index (χ4n) is 1.82. The predicted molar refractivity (Wildman–Crippen MR) is 72.8 cm³/mol. The number of hydrogen-bond acceptors (Lipinski definition) is 4. The molecule has 0 unspecified atom stereocenters. The summed E-state index contributed by atoms with van der Waals surface area (Å²) in [5.41, 5.74) is 0.438. The minimum absolute atomic E-state index is 0.0701. The molecular weight excluding hydrogens is 271 g/mol. The van der Waals surface area contributed by atoms with Crippen LogP contribution in [0, 0.1) is 12.4 Å². The maximum Gasteiger partial charge on any atom is 0.360 e. The summed E-state index contributed by atoms with van der Waals surface area (Å²) < 4.78 is 15.0. The van der Waals surface area contributed by atoms with Gasteiger partial charge in [0.2, 0.25) is 5.82 Å². The Morgan fingerprint density at radius 3 is 2.57 bits per heavy atom. The van der Waals surface area contributed by atoms with Crippen LogP contribution in [0.25, 0.3) is 16.5 Å². The molecule has 0 saturated heterocycles. The van der Waals surface area contributed by atoms with E-state index >= 15 is 0 Å². The molecule has 102 valence electrons. The first-order valence-electron chi connectivity index (χ1n) is 6.11. The van der Waals surface area contributed by atoms with Gasteiger partial charge in [-0.05, 0) is 12.1 Å². The first-order chi connectivity index (χ1) is 10.3. The van der Waals surface area contributed by atoms with Crippen molar-refractivity contribution in [2.45, 2.75) is 6.54 Å². The normalized spacial score (nSPS) is 10.3. The lowest BCUT2D eigenvalue weighted by Crippen LogP contribution is -2.03. The molecule has 0 bridgehead atoms. The van der Waals surface area contributed by atoms with Gasteiger partial charge in [-0.3, -0.25) is 0 Å². The van der Waals surface area contributed by atoms with Gasteiger partial charge in [-0.1, -0.05) is 23.3 Å². The van der Waals surface area contributed by atoms with Gasteiger partial charge < -0.3 is 4.85 Å². The molecule has 1 aromatic carbocycles. The van der Waals surface area contributed by atoms with Gasteiger partial charge in [0.05, 0.1) is 0 Å². The topological polar surface area (TPSA) is 60.9 Å². The van der Waals surface area contributed by atoms with Crippen LogP contribution in [0.15, 0.2) is 42.7 Å². The molecule has 0 radical (unpaired) electrons. The minimum Gasteiger partial charge on any atom is -0.395 e. The number of benzene rings is 1. The second-order valence-corrected chi connectivity index (χ2v) is 4.17. The van der Waals surface area contributed by atoms with Gasteiger partial charge in [-0.15, -0.1) is 11.6 Å². The summed E-state index contributed by atoms with van der Waals surface area (Å²) in [7, 11) is 0. The van der Waals surface area contributed by atoms with Crippen molar-refractivity contribution >= 4 is 5.95 Å². The van der Waals surface area contributed by atoms with Crippen LogP contribution in [0.4, 0.5) is 10.3 Å². The molecule has 0 N–H and O–H groups in total. The van der Waals surface area contributed by atoms with E-state index in [0.717, 1.165) is 0 Å². The van der Waals surface area contributed by atoms with Gasteiger partial charge in [0.1, 0.15) is 12.4 Å². The quantitative estimate of drug-likeness (QED) is 0.691. The molecule has 0 aliphatic carbocycles. The maximum absolute atomic E-state index is 13.7. The zero-order valence-electron chi connectivity index (χ0n) is 10.8. The SMILES string of the molecule is [C-]#[N+]c1nc(-c2ncccn2)nn1Cc1ccccc1F. The largest absolute Gasteiger partial charge is 0.395 e. The Bertz CT molecular complexity index is 806. The summed E-state index contributed by atoms with van der Waals surface area (Å²) in [6.07, 6.45) is 3.13. The third kappa shape index (κ3) is 2.60. The lowest BCUT2D eigenvalue weighted by Gasteiger charge is -2.01. The van der Waals surface area contributed by atoms with Gasteiger partial charge in [-0.2, -0.15) is 4.68 Å². The van der Waals surface area contributed by atoms with Crippen molar-refractivity contribution in [3.05, 3.63) is 65.5 Å². The first kappa shape index (κ1) is 12.9. The summed E-state index contributed by atoms with van der Waals surface area (Å²) >= 11 is 0. The summed E-state index contributed by atoms with van der Waals surface area (Å²) in [5.74, 6) is 0.301. The molecule has 0 spiro atoms. The predicted octanol–water partition coefficient (Wildman–Crippen LogP) is 2.47. The monoisotopic (exact) mass is 280 g/mol. The van der Waals surface area contributed by atoms with Gasteiger partial charge in [-0.25, -0.2) is 14.4 Å². The molecular formula is C14H9FN6. The number of aromatic nitrogens is 5. The Kier molecular flexibility index (Phi) is 3.35. The van der Waals surface area contributed by atoms with Crippen LogP contribution in [0.2, 0.25) is 0 Å². The van der Waals surface area contributed by atoms with Crippen molar-refractivity contribution in [1.29, 1.82) is 0 Å². The molecule has 6 nitrogen and oxygen atoms in total. The van der Waals surface area contributed by atoms with Crippen molar-refractivity contribution in [1.82, 2.24) is 24.7 Å². The Morgan fingerprint density at radius 1 is 1.10 bits per heavy atom. The number of halogens is 1. The second kappa shape index (κ2) is 5.46. The van der Waals surface area contributed by atoms with E-state index in [-0.39, 0.29) is 24.1 Å². The second-order valence-electron chi connectivity index (χ2n) is 4.17. The lowest BCUT2D eigenvalue weighted by atomic mass is 10.2. The van der Waals surface area contributed by atoms with Crippen LogP contribution in [0.3, 0.4) is 0 Å². The third-order valence-corrected chi connectivity index (χ3v) is 2.80. The van der Waals surface area contributed by atoms with Crippen LogP contribution in [0.5, 0.6) is 0 Å². The molecule has 0 aliphatic heterocycles. The highest BCUT2D eigenvalue weighted by molar-refractivity contribution is 5.46. The van der Waals surface area contributed by atoms with Crippen LogP contribution in [0.1, 0.15) is 5.56 Å². The third-order valence-electron chi connectivity index (χ3n) is 2.80. The Balaban J connectivity index is 1.98. The van der Waals surface area contributed by atoms with Crippen molar-refractivity contribution in [3.63, 3.8) is 0 Å². The van der Waals surface area contributed by atoms with E-state index in [1.54, 1.807) is 36.7 Å². The summed E-state index contributed by atoms with van der Waals surface area (Å²) in [5, 5.41) is 4.19. The van der Waals surface area contributed by atoms with Crippen molar-refractivity contribution in [3.8, 4) is 11.6 Å².